The SMILES string of the molecule is CCNc1ccc2c(c1)[C@@H]1[C@H](CO2)[C@H]1c1cn(C(c2ccccc2)(c2ccccc2)c2ccccc2)cn1. The second-order valence-electron chi connectivity index (χ2n) is 10.3. The Balaban J connectivity index is 1.35. The molecule has 2 heterocycles. The zero-order valence-corrected chi connectivity index (χ0v) is 21.5. The normalized spacial score (nSPS) is 19.7. The first kappa shape index (κ1) is 22.9. The molecule has 0 saturated heterocycles. The van der Waals surface area contributed by atoms with Crippen LogP contribution in [0, 0.1) is 5.92 Å². The Hall–Kier alpha value is -4.31. The smallest absolute Gasteiger partial charge is 0.122 e. The van der Waals surface area contributed by atoms with E-state index < -0.39 is 5.54 Å². The van der Waals surface area contributed by atoms with Crippen molar-refractivity contribution in [2.75, 3.05) is 18.5 Å². The van der Waals surface area contributed by atoms with E-state index in [1.807, 2.05) is 6.33 Å². The van der Waals surface area contributed by atoms with Gasteiger partial charge in [0.05, 0.1) is 18.6 Å². The van der Waals surface area contributed by atoms with Crippen molar-refractivity contribution in [3.05, 3.63) is 150 Å². The molecule has 7 rings (SSSR count). The van der Waals surface area contributed by atoms with Gasteiger partial charge in [0.2, 0.25) is 0 Å². The van der Waals surface area contributed by atoms with Crippen LogP contribution >= 0.6 is 0 Å². The molecule has 0 unspecified atom stereocenters. The van der Waals surface area contributed by atoms with Gasteiger partial charge in [-0.1, -0.05) is 91.0 Å². The molecule has 0 bridgehead atoms. The number of hydrogen-bond acceptors (Lipinski definition) is 3. The lowest BCUT2D eigenvalue weighted by atomic mass is 9.77. The average molecular weight is 498 g/mol. The number of rotatable bonds is 7. The van der Waals surface area contributed by atoms with Crippen molar-refractivity contribution in [1.82, 2.24) is 9.55 Å². The third kappa shape index (κ3) is 3.55. The van der Waals surface area contributed by atoms with Gasteiger partial charge in [-0.25, -0.2) is 4.98 Å². The number of ether oxygens (including phenoxy) is 1. The van der Waals surface area contributed by atoms with Crippen LogP contribution in [0.2, 0.25) is 0 Å². The summed E-state index contributed by atoms with van der Waals surface area (Å²) in [6.45, 7) is 3.78. The predicted molar refractivity (Wildman–Crippen MR) is 152 cm³/mol. The Morgan fingerprint density at radius 1 is 0.816 bits per heavy atom. The van der Waals surface area contributed by atoms with Gasteiger partial charge < -0.3 is 14.6 Å². The summed E-state index contributed by atoms with van der Waals surface area (Å²) in [7, 11) is 0. The standard InChI is InChI=1S/C34H31N3O/c1-2-35-27-18-19-31-28(20-27)32-29(22-38-31)33(32)30-21-37(23-36-30)34(24-12-6-3-7-13-24,25-14-8-4-9-15-25)26-16-10-5-11-17-26/h3-21,23,29,32-33,35H,2,22H2,1H3/t29-,32+,33-/m0/s1. The van der Waals surface area contributed by atoms with E-state index in [1.165, 1.54) is 22.3 Å². The molecule has 2 aliphatic rings. The van der Waals surface area contributed by atoms with Crippen molar-refractivity contribution in [2.45, 2.75) is 24.3 Å². The van der Waals surface area contributed by atoms with Crippen LogP contribution in [-0.4, -0.2) is 22.7 Å². The first-order valence-corrected chi connectivity index (χ1v) is 13.5. The van der Waals surface area contributed by atoms with Gasteiger partial charge in [-0.05, 0) is 41.8 Å². The van der Waals surface area contributed by atoms with Gasteiger partial charge in [0, 0.05) is 41.7 Å². The average Bonchev–Trinajstić information content (AvgIpc) is 3.53. The number of hydrogen-bond donors (Lipinski definition) is 1. The molecule has 1 aliphatic carbocycles. The van der Waals surface area contributed by atoms with Gasteiger partial charge in [0.1, 0.15) is 11.3 Å². The Bertz CT molecular complexity index is 1450. The number of imidazole rings is 1. The van der Waals surface area contributed by atoms with Crippen LogP contribution in [0.25, 0.3) is 0 Å². The molecule has 0 spiro atoms. The molecule has 1 saturated carbocycles. The Labute approximate surface area is 224 Å². The predicted octanol–water partition coefficient (Wildman–Crippen LogP) is 7.04. The molecule has 38 heavy (non-hydrogen) atoms. The summed E-state index contributed by atoms with van der Waals surface area (Å²) in [4.78, 5) is 5.07. The van der Waals surface area contributed by atoms with Gasteiger partial charge in [0.15, 0.2) is 0 Å². The molecule has 4 nitrogen and oxygen atoms in total. The van der Waals surface area contributed by atoms with Crippen LogP contribution in [0.3, 0.4) is 0 Å². The maximum Gasteiger partial charge on any atom is 0.122 e. The van der Waals surface area contributed by atoms with E-state index in [2.05, 4.69) is 132 Å². The lowest BCUT2D eigenvalue weighted by Gasteiger charge is -2.37. The highest BCUT2D eigenvalue weighted by Crippen LogP contribution is 2.64. The summed E-state index contributed by atoms with van der Waals surface area (Å²) in [6, 6.07) is 38.8. The van der Waals surface area contributed by atoms with Crippen LogP contribution in [0.5, 0.6) is 5.75 Å². The van der Waals surface area contributed by atoms with E-state index in [0.29, 0.717) is 17.8 Å². The van der Waals surface area contributed by atoms with Crippen LogP contribution in [0.1, 0.15) is 46.7 Å². The molecule has 0 amide bonds. The molecule has 4 aromatic carbocycles. The molecule has 4 heteroatoms. The number of nitrogens with zero attached hydrogens (tertiary/aromatic N) is 2. The van der Waals surface area contributed by atoms with Crippen molar-refractivity contribution in [1.29, 1.82) is 0 Å². The fourth-order valence-electron chi connectivity index (χ4n) is 6.53. The van der Waals surface area contributed by atoms with Gasteiger partial charge in [0.25, 0.3) is 0 Å². The van der Waals surface area contributed by atoms with Crippen LogP contribution in [0.4, 0.5) is 5.69 Å². The molecular weight excluding hydrogens is 466 g/mol. The lowest BCUT2D eigenvalue weighted by molar-refractivity contribution is 0.277. The minimum Gasteiger partial charge on any atom is -0.493 e. The van der Waals surface area contributed by atoms with Gasteiger partial charge in [-0.2, -0.15) is 0 Å². The highest BCUT2D eigenvalue weighted by molar-refractivity contribution is 5.57. The van der Waals surface area contributed by atoms with Crippen molar-refractivity contribution < 1.29 is 4.74 Å². The van der Waals surface area contributed by atoms with Crippen molar-refractivity contribution in [2.24, 2.45) is 5.92 Å². The van der Waals surface area contributed by atoms with Crippen molar-refractivity contribution in [3.63, 3.8) is 0 Å². The fourth-order valence-corrected chi connectivity index (χ4v) is 6.53. The molecule has 1 N–H and O–H groups in total. The van der Waals surface area contributed by atoms with Gasteiger partial charge >= 0.3 is 0 Å². The van der Waals surface area contributed by atoms with Gasteiger partial charge in [-0.15, -0.1) is 0 Å². The monoisotopic (exact) mass is 497 g/mol. The molecule has 0 radical (unpaired) electrons. The Morgan fingerprint density at radius 2 is 1.42 bits per heavy atom. The Kier molecular flexibility index (Phi) is 5.54. The number of fused-ring (bicyclic) bond motifs is 3. The number of anilines is 1. The Morgan fingerprint density at radius 3 is 2.00 bits per heavy atom. The van der Waals surface area contributed by atoms with Crippen LogP contribution in [-0.2, 0) is 5.54 Å². The van der Waals surface area contributed by atoms with Crippen LogP contribution in [0.15, 0.2) is 122 Å². The summed E-state index contributed by atoms with van der Waals surface area (Å²) in [5.74, 6) is 2.28. The van der Waals surface area contributed by atoms with Gasteiger partial charge in [-0.3, -0.25) is 0 Å². The van der Waals surface area contributed by atoms with E-state index in [1.54, 1.807) is 0 Å². The molecule has 188 valence electrons. The van der Waals surface area contributed by atoms with E-state index in [9.17, 15) is 0 Å². The second-order valence-corrected chi connectivity index (χ2v) is 10.3. The number of benzene rings is 4. The minimum absolute atomic E-state index is 0.356. The zero-order valence-electron chi connectivity index (χ0n) is 21.5. The van der Waals surface area contributed by atoms with Crippen molar-refractivity contribution in [3.8, 4) is 5.75 Å². The lowest BCUT2D eigenvalue weighted by Crippen LogP contribution is -2.36. The summed E-state index contributed by atoms with van der Waals surface area (Å²) in [6.07, 6.45) is 4.31. The van der Waals surface area contributed by atoms with Crippen LogP contribution < -0.4 is 10.1 Å². The molecule has 1 fully saturated rings. The van der Waals surface area contributed by atoms with E-state index in [0.717, 1.165) is 30.3 Å². The van der Waals surface area contributed by atoms with E-state index in [4.69, 9.17) is 9.72 Å². The summed E-state index contributed by atoms with van der Waals surface area (Å²) in [5, 5.41) is 3.45. The van der Waals surface area contributed by atoms with E-state index >= 15 is 0 Å². The maximum absolute atomic E-state index is 6.18. The highest BCUT2D eigenvalue weighted by Gasteiger charge is 2.56. The summed E-state index contributed by atoms with van der Waals surface area (Å²) >= 11 is 0. The second kappa shape index (κ2) is 9.21. The fraction of sp³-hybridized carbons (Fsp3) is 0.206. The highest BCUT2D eigenvalue weighted by atomic mass is 16.5. The maximum atomic E-state index is 6.18. The number of nitrogens with one attached hydrogen (secondary N) is 1. The molecule has 1 aromatic heterocycles. The quantitative estimate of drug-likeness (QED) is 0.245. The topological polar surface area (TPSA) is 39.1 Å². The molecule has 3 atom stereocenters. The number of aromatic nitrogens is 2. The third-order valence-corrected chi connectivity index (χ3v) is 8.26. The first-order valence-electron chi connectivity index (χ1n) is 13.5. The third-order valence-electron chi connectivity index (χ3n) is 8.26. The van der Waals surface area contributed by atoms with E-state index in [-0.39, 0.29) is 0 Å². The molecule has 5 aromatic rings. The summed E-state index contributed by atoms with van der Waals surface area (Å²) < 4.78 is 8.50. The first-order chi connectivity index (χ1) is 18.8. The zero-order chi connectivity index (χ0) is 25.5. The van der Waals surface area contributed by atoms with Crippen molar-refractivity contribution >= 4 is 5.69 Å². The molecule has 1 aliphatic heterocycles. The minimum atomic E-state index is -0.540. The largest absolute Gasteiger partial charge is 0.493 e. The summed E-state index contributed by atoms with van der Waals surface area (Å²) in [5.41, 5.74) is 6.68. The molecular formula is C34H31N3O.